The third-order valence-corrected chi connectivity index (χ3v) is 3.90. The third kappa shape index (κ3) is 3.08. The quantitative estimate of drug-likeness (QED) is 0.682. The number of rotatable bonds is 4. The van der Waals surface area contributed by atoms with E-state index in [0.717, 1.165) is 26.0 Å². The molecule has 3 rings (SSSR count). The first-order chi connectivity index (χ1) is 10.1. The van der Waals surface area contributed by atoms with Crippen LogP contribution in [-0.4, -0.2) is 20.3 Å². The van der Waals surface area contributed by atoms with Crippen LogP contribution in [0.1, 0.15) is 5.76 Å². The maximum absolute atomic E-state index is 5.80. The van der Waals surface area contributed by atoms with Crippen molar-refractivity contribution in [3.63, 3.8) is 0 Å². The van der Waals surface area contributed by atoms with Gasteiger partial charge in [-0.05, 0) is 56.7 Å². The van der Waals surface area contributed by atoms with Crippen molar-refractivity contribution in [1.82, 2.24) is 20.3 Å². The number of aromatic nitrogens is 4. The SMILES string of the molecule is Nc1nnnn1NCc1ccc(-c2ccc(Br)cc2Br)o1. The van der Waals surface area contributed by atoms with Gasteiger partial charge < -0.3 is 10.2 Å². The molecule has 0 aliphatic heterocycles. The van der Waals surface area contributed by atoms with E-state index in [1.165, 1.54) is 4.79 Å². The topological polar surface area (TPSA) is 94.8 Å². The molecule has 0 bridgehead atoms. The highest BCUT2D eigenvalue weighted by Gasteiger charge is 2.09. The normalized spacial score (nSPS) is 10.8. The summed E-state index contributed by atoms with van der Waals surface area (Å²) < 4.78 is 7.75. The van der Waals surface area contributed by atoms with Crippen molar-refractivity contribution in [2.45, 2.75) is 6.54 Å². The van der Waals surface area contributed by atoms with Crippen LogP contribution in [0, 0.1) is 0 Å². The van der Waals surface area contributed by atoms with Crippen molar-refractivity contribution in [2.24, 2.45) is 0 Å². The summed E-state index contributed by atoms with van der Waals surface area (Å²) >= 11 is 6.94. The zero-order chi connectivity index (χ0) is 14.8. The van der Waals surface area contributed by atoms with Crippen LogP contribution in [0.4, 0.5) is 5.95 Å². The van der Waals surface area contributed by atoms with Gasteiger partial charge in [0.25, 0.3) is 5.95 Å². The molecule has 108 valence electrons. The summed E-state index contributed by atoms with van der Waals surface area (Å²) in [6.45, 7) is 0.420. The largest absolute Gasteiger partial charge is 0.459 e. The van der Waals surface area contributed by atoms with Gasteiger partial charge >= 0.3 is 0 Å². The van der Waals surface area contributed by atoms with Crippen LogP contribution in [0.25, 0.3) is 11.3 Å². The number of tetrazole rings is 1. The van der Waals surface area contributed by atoms with E-state index in [0.29, 0.717) is 6.54 Å². The zero-order valence-corrected chi connectivity index (χ0v) is 13.8. The highest BCUT2D eigenvalue weighted by atomic mass is 79.9. The van der Waals surface area contributed by atoms with Crippen LogP contribution in [0.15, 0.2) is 43.7 Å². The van der Waals surface area contributed by atoms with Gasteiger partial charge in [0.1, 0.15) is 11.5 Å². The summed E-state index contributed by atoms with van der Waals surface area (Å²) in [4.78, 5) is 1.29. The Morgan fingerprint density at radius 3 is 2.81 bits per heavy atom. The molecule has 0 atom stereocenters. The number of anilines is 1. The van der Waals surface area contributed by atoms with Gasteiger partial charge in [-0.15, -0.1) is 4.79 Å². The molecule has 0 fully saturated rings. The summed E-state index contributed by atoms with van der Waals surface area (Å²) in [7, 11) is 0. The molecule has 0 unspecified atom stereocenters. The molecule has 9 heteroatoms. The van der Waals surface area contributed by atoms with Gasteiger partial charge in [0.05, 0.1) is 6.54 Å². The molecule has 3 N–H and O–H groups in total. The average molecular weight is 414 g/mol. The lowest BCUT2D eigenvalue weighted by Gasteiger charge is -2.04. The van der Waals surface area contributed by atoms with Crippen molar-refractivity contribution in [1.29, 1.82) is 0 Å². The molecular formula is C12H10Br2N6O. The molecule has 21 heavy (non-hydrogen) atoms. The summed E-state index contributed by atoms with van der Waals surface area (Å²) in [5.74, 6) is 1.71. The van der Waals surface area contributed by atoms with Gasteiger partial charge in [0.2, 0.25) is 0 Å². The van der Waals surface area contributed by atoms with Gasteiger partial charge in [0.15, 0.2) is 0 Å². The molecule has 0 saturated heterocycles. The van der Waals surface area contributed by atoms with Crippen molar-refractivity contribution >= 4 is 37.8 Å². The Kier molecular flexibility index (Phi) is 3.93. The van der Waals surface area contributed by atoms with Gasteiger partial charge in [-0.25, -0.2) is 0 Å². The number of nitrogen functional groups attached to an aromatic ring is 1. The van der Waals surface area contributed by atoms with Crippen molar-refractivity contribution in [3.8, 4) is 11.3 Å². The molecule has 3 aromatic rings. The number of furan rings is 1. The van der Waals surface area contributed by atoms with E-state index >= 15 is 0 Å². The highest BCUT2D eigenvalue weighted by Crippen LogP contribution is 2.31. The minimum Gasteiger partial charge on any atom is -0.459 e. The van der Waals surface area contributed by atoms with Gasteiger partial charge in [-0.1, -0.05) is 21.0 Å². The Labute approximate surface area is 136 Å². The number of hydrogen-bond donors (Lipinski definition) is 2. The fraction of sp³-hybridized carbons (Fsp3) is 0.0833. The van der Waals surface area contributed by atoms with Gasteiger partial charge in [0, 0.05) is 14.5 Å². The Hall–Kier alpha value is -1.87. The second-order valence-electron chi connectivity index (χ2n) is 4.17. The molecule has 0 amide bonds. The number of halogens is 2. The number of hydrogen-bond acceptors (Lipinski definition) is 6. The van der Waals surface area contributed by atoms with E-state index in [9.17, 15) is 0 Å². The van der Waals surface area contributed by atoms with Crippen LogP contribution < -0.4 is 11.2 Å². The lowest BCUT2D eigenvalue weighted by atomic mass is 10.2. The van der Waals surface area contributed by atoms with Crippen molar-refractivity contribution < 1.29 is 4.42 Å². The Morgan fingerprint density at radius 1 is 1.24 bits per heavy atom. The van der Waals surface area contributed by atoms with E-state index in [-0.39, 0.29) is 5.95 Å². The molecular weight excluding hydrogens is 404 g/mol. The highest BCUT2D eigenvalue weighted by molar-refractivity contribution is 9.11. The lowest BCUT2D eigenvalue weighted by Crippen LogP contribution is -2.18. The second-order valence-corrected chi connectivity index (χ2v) is 5.94. The Balaban J connectivity index is 1.75. The summed E-state index contributed by atoms with van der Waals surface area (Å²) in [6, 6.07) is 9.70. The predicted molar refractivity (Wildman–Crippen MR) is 84.8 cm³/mol. The molecule has 0 saturated carbocycles. The number of nitrogens with one attached hydrogen (secondary N) is 1. The van der Waals surface area contributed by atoms with Crippen LogP contribution in [-0.2, 0) is 6.54 Å². The van der Waals surface area contributed by atoms with E-state index < -0.39 is 0 Å². The number of nitrogens with two attached hydrogens (primary N) is 1. The number of nitrogens with zero attached hydrogens (tertiary/aromatic N) is 4. The number of benzene rings is 1. The van der Waals surface area contributed by atoms with E-state index in [1.807, 2.05) is 30.3 Å². The summed E-state index contributed by atoms with van der Waals surface area (Å²) in [6.07, 6.45) is 0. The smallest absolute Gasteiger partial charge is 0.260 e. The first-order valence-electron chi connectivity index (χ1n) is 5.95. The van der Waals surface area contributed by atoms with E-state index in [1.54, 1.807) is 0 Å². The van der Waals surface area contributed by atoms with Crippen molar-refractivity contribution in [2.75, 3.05) is 11.2 Å². The predicted octanol–water partition coefficient (Wildman–Crippen LogP) is 2.78. The molecule has 7 nitrogen and oxygen atoms in total. The maximum Gasteiger partial charge on any atom is 0.260 e. The lowest BCUT2D eigenvalue weighted by molar-refractivity contribution is 0.517. The monoisotopic (exact) mass is 412 g/mol. The molecule has 1 aromatic carbocycles. The fourth-order valence-electron chi connectivity index (χ4n) is 1.77. The average Bonchev–Trinajstić information content (AvgIpc) is 3.05. The molecule has 2 heterocycles. The van der Waals surface area contributed by atoms with Crippen molar-refractivity contribution in [3.05, 3.63) is 45.0 Å². The molecule has 0 aliphatic rings. The van der Waals surface area contributed by atoms with E-state index in [4.69, 9.17) is 10.2 Å². The minimum absolute atomic E-state index is 0.192. The third-order valence-electron chi connectivity index (χ3n) is 2.75. The van der Waals surface area contributed by atoms with Crippen LogP contribution in [0.5, 0.6) is 0 Å². The molecule has 2 aromatic heterocycles. The first-order valence-corrected chi connectivity index (χ1v) is 7.54. The summed E-state index contributed by atoms with van der Waals surface area (Å²) in [5.41, 5.74) is 9.48. The first kappa shape index (κ1) is 14.1. The zero-order valence-electron chi connectivity index (χ0n) is 10.6. The van der Waals surface area contributed by atoms with Crippen LogP contribution in [0.3, 0.4) is 0 Å². The van der Waals surface area contributed by atoms with Gasteiger partial charge in [-0.3, -0.25) is 5.43 Å². The maximum atomic E-state index is 5.80. The summed E-state index contributed by atoms with van der Waals surface area (Å²) in [5, 5.41) is 10.7. The molecule has 0 radical (unpaired) electrons. The molecule has 0 aliphatic carbocycles. The second kappa shape index (κ2) is 5.86. The van der Waals surface area contributed by atoms with Crippen LogP contribution in [0.2, 0.25) is 0 Å². The standard InChI is InChI=1S/C12H10Br2N6O/c13-7-1-3-9(10(14)5-7)11-4-2-8(21-11)6-16-20-12(15)17-18-19-20/h1-5,16H,6H2,(H2,15,17,19). The Morgan fingerprint density at radius 2 is 2.10 bits per heavy atom. The van der Waals surface area contributed by atoms with Gasteiger partial charge in [-0.2, -0.15) is 0 Å². The molecule has 0 spiro atoms. The minimum atomic E-state index is 0.192. The fourth-order valence-corrected chi connectivity index (χ4v) is 3.01. The van der Waals surface area contributed by atoms with E-state index in [2.05, 4.69) is 52.8 Å². The Bertz CT molecular complexity index is 769. The van der Waals surface area contributed by atoms with Crippen LogP contribution >= 0.6 is 31.9 Å².